The molecule has 4 rings (SSSR count). The highest BCUT2D eigenvalue weighted by atomic mass is 16.5. The lowest BCUT2D eigenvalue weighted by molar-refractivity contribution is -0.137. The summed E-state index contributed by atoms with van der Waals surface area (Å²) in [6, 6.07) is 12.1. The third-order valence-corrected chi connectivity index (χ3v) is 6.87. The Morgan fingerprint density at radius 3 is 2.48 bits per heavy atom. The molecule has 2 amide bonds. The smallest absolute Gasteiger partial charge is 0.257 e. The lowest BCUT2D eigenvalue weighted by Crippen LogP contribution is -2.49. The highest BCUT2D eigenvalue weighted by Gasteiger charge is 2.35. The number of ether oxygens (including phenoxy) is 1. The highest BCUT2D eigenvalue weighted by Crippen LogP contribution is 2.29. The number of amides is 2. The number of carbonyl (C=O) groups is 2. The maximum Gasteiger partial charge on any atom is 0.257 e. The van der Waals surface area contributed by atoms with E-state index < -0.39 is 0 Å². The van der Waals surface area contributed by atoms with Crippen LogP contribution in [0.25, 0.3) is 0 Å². The van der Waals surface area contributed by atoms with Crippen LogP contribution in [-0.2, 0) is 16.0 Å². The molecule has 2 saturated heterocycles. The number of likely N-dealkylation sites (tertiary alicyclic amines) is 1. The Hall–Kier alpha value is -2.60. The summed E-state index contributed by atoms with van der Waals surface area (Å²) in [7, 11) is 1.90. The van der Waals surface area contributed by atoms with Gasteiger partial charge in [-0.05, 0) is 50.2 Å². The van der Waals surface area contributed by atoms with E-state index in [-0.39, 0.29) is 23.8 Å². The lowest BCUT2D eigenvalue weighted by atomic mass is 9.84. The zero-order chi connectivity index (χ0) is 21.8. The molecule has 2 atom stereocenters. The number of likely N-dealkylation sites (N-methyl/N-ethyl adjacent to an activating group) is 1. The number of furan rings is 1. The fraction of sp³-hybridized carbons (Fsp3) is 0.520. The maximum absolute atomic E-state index is 13.2. The first-order valence-electron chi connectivity index (χ1n) is 11.3. The van der Waals surface area contributed by atoms with Crippen LogP contribution in [0.3, 0.4) is 0 Å². The largest absolute Gasteiger partial charge is 0.469 e. The number of nitrogens with zero attached hydrogens (tertiary/aromatic N) is 2. The minimum absolute atomic E-state index is 0.00575. The molecule has 1 aromatic heterocycles. The van der Waals surface area contributed by atoms with E-state index in [9.17, 15) is 9.59 Å². The molecule has 0 N–H and O–H groups in total. The molecule has 0 spiro atoms. The Labute approximate surface area is 184 Å². The molecule has 2 fully saturated rings. The van der Waals surface area contributed by atoms with E-state index in [1.165, 1.54) is 5.56 Å². The average Bonchev–Trinajstić information content (AvgIpc) is 3.49. The molecule has 3 heterocycles. The molecular formula is C25H32N2O4. The predicted molar refractivity (Wildman–Crippen MR) is 118 cm³/mol. The van der Waals surface area contributed by atoms with Gasteiger partial charge in [-0.2, -0.15) is 0 Å². The van der Waals surface area contributed by atoms with Crippen molar-refractivity contribution in [2.75, 3.05) is 33.4 Å². The summed E-state index contributed by atoms with van der Waals surface area (Å²) in [5.41, 5.74) is 1.84. The Morgan fingerprint density at radius 2 is 1.87 bits per heavy atom. The fourth-order valence-electron chi connectivity index (χ4n) is 4.91. The van der Waals surface area contributed by atoms with Gasteiger partial charge in [0.2, 0.25) is 5.91 Å². The molecule has 2 aliphatic heterocycles. The number of hydrogen-bond donors (Lipinski definition) is 0. The lowest BCUT2D eigenvalue weighted by Gasteiger charge is -2.40. The maximum atomic E-state index is 13.2. The monoisotopic (exact) mass is 424 g/mol. The van der Waals surface area contributed by atoms with E-state index in [0.717, 1.165) is 38.8 Å². The Bertz CT molecular complexity index is 880. The summed E-state index contributed by atoms with van der Waals surface area (Å²) in [5.74, 6) is 1.23. The van der Waals surface area contributed by atoms with Gasteiger partial charge >= 0.3 is 0 Å². The van der Waals surface area contributed by atoms with Crippen LogP contribution in [0, 0.1) is 18.8 Å². The van der Waals surface area contributed by atoms with Crippen LogP contribution in [0.4, 0.5) is 0 Å². The van der Waals surface area contributed by atoms with Crippen molar-refractivity contribution in [2.24, 2.45) is 11.8 Å². The average molecular weight is 425 g/mol. The molecule has 6 heteroatoms. The number of rotatable bonds is 6. The van der Waals surface area contributed by atoms with Gasteiger partial charge in [-0.1, -0.05) is 30.3 Å². The van der Waals surface area contributed by atoms with Crippen molar-refractivity contribution in [3.63, 3.8) is 0 Å². The number of carbonyl (C=O) groups excluding carboxylic acids is 2. The van der Waals surface area contributed by atoms with E-state index in [4.69, 9.17) is 9.15 Å². The van der Waals surface area contributed by atoms with E-state index in [2.05, 4.69) is 12.1 Å². The van der Waals surface area contributed by atoms with Crippen molar-refractivity contribution in [3.05, 3.63) is 59.5 Å². The number of hydrogen-bond acceptors (Lipinski definition) is 4. The SMILES string of the molecule is Cc1occc1C(=O)N(C)C(Cc1ccccc1)C1CCN(C(=O)C2CCOC2)CC1. The topological polar surface area (TPSA) is 63.0 Å². The highest BCUT2D eigenvalue weighted by molar-refractivity contribution is 5.95. The van der Waals surface area contributed by atoms with E-state index in [1.807, 2.05) is 42.0 Å². The van der Waals surface area contributed by atoms with Gasteiger partial charge in [0.25, 0.3) is 5.91 Å². The minimum atomic E-state index is -0.00575. The summed E-state index contributed by atoms with van der Waals surface area (Å²) in [6.45, 7) is 4.56. The van der Waals surface area contributed by atoms with Gasteiger partial charge < -0.3 is 19.0 Å². The second kappa shape index (κ2) is 9.69. The predicted octanol–water partition coefficient (Wildman–Crippen LogP) is 3.55. The van der Waals surface area contributed by atoms with Gasteiger partial charge in [-0.3, -0.25) is 9.59 Å². The standard InChI is InChI=1S/C25H32N2O4/c1-18-22(11-15-31-18)25(29)26(2)23(16-19-6-4-3-5-7-19)20-8-12-27(13-9-20)24(28)21-10-14-30-17-21/h3-7,11,15,20-21,23H,8-10,12-14,16-17H2,1-2H3. The third-order valence-electron chi connectivity index (χ3n) is 6.87. The van der Waals surface area contributed by atoms with Crippen LogP contribution in [0.1, 0.15) is 40.9 Å². The Morgan fingerprint density at radius 1 is 1.13 bits per heavy atom. The molecule has 6 nitrogen and oxygen atoms in total. The van der Waals surface area contributed by atoms with Crippen molar-refractivity contribution in [2.45, 2.75) is 38.6 Å². The summed E-state index contributed by atoms with van der Waals surface area (Å²) >= 11 is 0. The molecular weight excluding hydrogens is 392 g/mol. The summed E-state index contributed by atoms with van der Waals surface area (Å²) < 4.78 is 10.8. The fourth-order valence-corrected chi connectivity index (χ4v) is 4.91. The zero-order valence-corrected chi connectivity index (χ0v) is 18.5. The van der Waals surface area contributed by atoms with Crippen LogP contribution in [-0.4, -0.2) is 61.0 Å². The van der Waals surface area contributed by atoms with Crippen molar-refractivity contribution in [1.82, 2.24) is 9.80 Å². The number of benzene rings is 1. The van der Waals surface area contributed by atoms with Crippen molar-refractivity contribution in [1.29, 1.82) is 0 Å². The van der Waals surface area contributed by atoms with Crippen LogP contribution in [0.15, 0.2) is 47.1 Å². The van der Waals surface area contributed by atoms with Crippen molar-refractivity contribution in [3.8, 4) is 0 Å². The first-order chi connectivity index (χ1) is 15.0. The zero-order valence-electron chi connectivity index (χ0n) is 18.5. The van der Waals surface area contributed by atoms with Crippen molar-refractivity contribution >= 4 is 11.8 Å². The van der Waals surface area contributed by atoms with Gasteiger partial charge in [0.1, 0.15) is 5.76 Å². The number of piperidine rings is 1. The van der Waals surface area contributed by atoms with Crippen LogP contribution in [0.2, 0.25) is 0 Å². The van der Waals surface area contributed by atoms with E-state index in [0.29, 0.717) is 30.5 Å². The second-order valence-electron chi connectivity index (χ2n) is 8.79. The van der Waals surface area contributed by atoms with Crippen LogP contribution >= 0.6 is 0 Å². The van der Waals surface area contributed by atoms with Crippen molar-refractivity contribution < 1.29 is 18.7 Å². The molecule has 0 radical (unpaired) electrons. The molecule has 1 aromatic carbocycles. The molecule has 0 bridgehead atoms. The molecule has 0 saturated carbocycles. The first kappa shape index (κ1) is 21.6. The minimum Gasteiger partial charge on any atom is -0.469 e. The van der Waals surface area contributed by atoms with E-state index >= 15 is 0 Å². The van der Waals surface area contributed by atoms with Gasteiger partial charge in [0.05, 0.1) is 24.4 Å². The Kier molecular flexibility index (Phi) is 6.76. The first-order valence-corrected chi connectivity index (χ1v) is 11.3. The van der Waals surface area contributed by atoms with Gasteiger partial charge in [-0.25, -0.2) is 0 Å². The van der Waals surface area contributed by atoms with Crippen LogP contribution in [0.5, 0.6) is 0 Å². The summed E-state index contributed by atoms with van der Waals surface area (Å²) in [6.07, 6.45) is 5.00. The summed E-state index contributed by atoms with van der Waals surface area (Å²) in [4.78, 5) is 29.9. The molecule has 166 valence electrons. The third kappa shape index (κ3) is 4.85. The summed E-state index contributed by atoms with van der Waals surface area (Å²) in [5, 5.41) is 0. The van der Waals surface area contributed by atoms with Gasteiger partial charge in [-0.15, -0.1) is 0 Å². The normalized spacial score (nSPS) is 20.6. The van der Waals surface area contributed by atoms with Crippen LogP contribution < -0.4 is 0 Å². The van der Waals surface area contributed by atoms with Gasteiger partial charge in [0.15, 0.2) is 0 Å². The number of aryl methyl sites for hydroxylation is 1. The molecule has 31 heavy (non-hydrogen) atoms. The Balaban J connectivity index is 1.47. The van der Waals surface area contributed by atoms with Gasteiger partial charge in [0, 0.05) is 32.8 Å². The van der Waals surface area contributed by atoms with E-state index in [1.54, 1.807) is 12.3 Å². The quantitative estimate of drug-likeness (QED) is 0.712. The second-order valence-corrected chi connectivity index (χ2v) is 8.79. The molecule has 2 unspecified atom stereocenters. The molecule has 2 aliphatic rings. The molecule has 2 aromatic rings. The molecule has 0 aliphatic carbocycles.